The quantitative estimate of drug-likeness (QED) is 0.732. The zero-order chi connectivity index (χ0) is 14.5. The molecule has 4 nitrogen and oxygen atoms in total. The summed E-state index contributed by atoms with van der Waals surface area (Å²) in [5.41, 5.74) is 0.0970. The molecule has 4 aliphatic carbocycles. The third kappa shape index (κ3) is 2.67. The van der Waals surface area contributed by atoms with Crippen LogP contribution in [0.25, 0.3) is 0 Å². The fraction of sp³-hybridized carbons (Fsp3) is 0.941. The molecule has 2 amide bonds. The Hall–Kier alpha value is -0.770. The summed E-state index contributed by atoms with van der Waals surface area (Å²) >= 11 is 0. The lowest BCUT2D eigenvalue weighted by molar-refractivity contribution is -0.0140. The number of carbonyl (C=O) groups excluding carboxylic acids is 1. The molecule has 0 aromatic rings. The summed E-state index contributed by atoms with van der Waals surface area (Å²) in [6, 6.07) is 0.0846. The second kappa shape index (κ2) is 4.87. The molecule has 5 rings (SSSR count). The Morgan fingerprint density at radius 3 is 2.00 bits per heavy atom. The molecule has 4 bridgehead atoms. The first-order valence-electron chi connectivity index (χ1n) is 8.85. The van der Waals surface area contributed by atoms with Crippen molar-refractivity contribution in [3.05, 3.63) is 0 Å². The number of hydrogen-bond acceptors (Lipinski definition) is 2. The Balaban J connectivity index is 1.40. The van der Waals surface area contributed by atoms with E-state index in [2.05, 4.69) is 22.9 Å². The molecule has 5 aliphatic rings. The Bertz CT molecular complexity index is 392. The summed E-state index contributed by atoms with van der Waals surface area (Å²) in [4.78, 5) is 12.6. The van der Waals surface area contributed by atoms with Gasteiger partial charge in [0.1, 0.15) is 0 Å². The van der Waals surface area contributed by atoms with Crippen LogP contribution in [0.4, 0.5) is 4.79 Å². The Kier molecular flexibility index (Phi) is 3.21. The fourth-order valence-corrected chi connectivity index (χ4v) is 5.91. The van der Waals surface area contributed by atoms with Crippen molar-refractivity contribution >= 4 is 6.03 Å². The molecule has 4 heteroatoms. The zero-order valence-electron chi connectivity index (χ0n) is 13.2. The van der Waals surface area contributed by atoms with Crippen LogP contribution in [0.5, 0.6) is 0 Å². The van der Waals surface area contributed by atoms with Gasteiger partial charge in [-0.25, -0.2) is 4.79 Å². The number of rotatable bonds is 2. The molecular weight excluding hydrogens is 262 g/mol. The summed E-state index contributed by atoms with van der Waals surface area (Å²) in [6.07, 6.45) is 10.0. The molecular formula is C17H29N3O. The van der Waals surface area contributed by atoms with Crippen LogP contribution in [-0.2, 0) is 0 Å². The van der Waals surface area contributed by atoms with Crippen LogP contribution in [-0.4, -0.2) is 30.2 Å². The molecule has 0 aromatic carbocycles. The van der Waals surface area contributed by atoms with E-state index in [1.807, 2.05) is 0 Å². The topological polar surface area (TPSA) is 53.2 Å². The third-order valence-corrected chi connectivity index (χ3v) is 6.54. The van der Waals surface area contributed by atoms with Gasteiger partial charge in [0, 0.05) is 11.1 Å². The normalized spacial score (nSPS) is 43.6. The molecule has 1 heterocycles. The van der Waals surface area contributed by atoms with Crippen LogP contribution in [0.3, 0.4) is 0 Å². The van der Waals surface area contributed by atoms with Crippen molar-refractivity contribution in [1.82, 2.24) is 16.0 Å². The molecule has 21 heavy (non-hydrogen) atoms. The molecule has 1 aliphatic heterocycles. The van der Waals surface area contributed by atoms with E-state index in [1.54, 1.807) is 0 Å². The molecule has 118 valence electrons. The first-order chi connectivity index (χ1) is 10.0. The summed E-state index contributed by atoms with van der Waals surface area (Å²) < 4.78 is 0. The number of hydrogen-bond donors (Lipinski definition) is 3. The van der Waals surface area contributed by atoms with Crippen molar-refractivity contribution in [2.75, 3.05) is 13.1 Å². The highest BCUT2D eigenvalue weighted by molar-refractivity contribution is 5.75. The first kappa shape index (κ1) is 13.9. The average molecular weight is 291 g/mol. The van der Waals surface area contributed by atoms with E-state index in [-0.39, 0.29) is 17.1 Å². The number of carbonyl (C=O) groups is 1. The number of urea groups is 1. The predicted octanol–water partition coefficient (Wildman–Crippen LogP) is 2.40. The summed E-state index contributed by atoms with van der Waals surface area (Å²) in [7, 11) is 0. The number of amides is 2. The van der Waals surface area contributed by atoms with Gasteiger partial charge in [-0.1, -0.05) is 0 Å². The van der Waals surface area contributed by atoms with Crippen molar-refractivity contribution < 1.29 is 4.79 Å². The molecule has 3 N–H and O–H groups in total. The smallest absolute Gasteiger partial charge is 0.315 e. The van der Waals surface area contributed by atoms with E-state index in [9.17, 15) is 4.79 Å². The SMILES string of the molecule is CC1(NC(=O)NC23CC4CC(CC(C4)C2)C3)CCNCC1. The van der Waals surface area contributed by atoms with E-state index in [4.69, 9.17) is 0 Å². The summed E-state index contributed by atoms with van der Waals surface area (Å²) in [6.45, 7) is 4.20. The van der Waals surface area contributed by atoms with Crippen LogP contribution in [0.1, 0.15) is 58.3 Å². The van der Waals surface area contributed by atoms with Crippen LogP contribution >= 0.6 is 0 Å². The highest BCUT2D eigenvalue weighted by Crippen LogP contribution is 2.55. The number of piperidine rings is 1. The van der Waals surface area contributed by atoms with Crippen molar-refractivity contribution in [2.24, 2.45) is 17.8 Å². The lowest BCUT2D eigenvalue weighted by Crippen LogP contribution is -2.64. The van der Waals surface area contributed by atoms with E-state index < -0.39 is 0 Å². The zero-order valence-corrected chi connectivity index (χ0v) is 13.2. The molecule has 0 radical (unpaired) electrons. The lowest BCUT2D eigenvalue weighted by Gasteiger charge is -2.57. The molecule has 5 fully saturated rings. The average Bonchev–Trinajstić information content (AvgIpc) is 2.35. The highest BCUT2D eigenvalue weighted by Gasteiger charge is 2.51. The highest BCUT2D eigenvalue weighted by atomic mass is 16.2. The molecule has 0 spiro atoms. The summed E-state index contributed by atoms with van der Waals surface area (Å²) in [5.74, 6) is 2.64. The third-order valence-electron chi connectivity index (χ3n) is 6.54. The maximum Gasteiger partial charge on any atom is 0.315 e. The number of nitrogens with one attached hydrogen (secondary N) is 3. The van der Waals surface area contributed by atoms with Gasteiger partial charge in [-0.3, -0.25) is 0 Å². The van der Waals surface area contributed by atoms with Gasteiger partial charge in [-0.2, -0.15) is 0 Å². The van der Waals surface area contributed by atoms with Crippen molar-refractivity contribution in [2.45, 2.75) is 69.4 Å². The van der Waals surface area contributed by atoms with Gasteiger partial charge >= 0.3 is 6.03 Å². The fourth-order valence-electron chi connectivity index (χ4n) is 5.91. The lowest BCUT2D eigenvalue weighted by atomic mass is 9.53. The van der Waals surface area contributed by atoms with Crippen LogP contribution < -0.4 is 16.0 Å². The van der Waals surface area contributed by atoms with Gasteiger partial charge in [0.15, 0.2) is 0 Å². The van der Waals surface area contributed by atoms with Gasteiger partial charge in [0.25, 0.3) is 0 Å². The minimum Gasteiger partial charge on any atom is -0.333 e. The predicted molar refractivity (Wildman–Crippen MR) is 83.1 cm³/mol. The summed E-state index contributed by atoms with van der Waals surface area (Å²) in [5, 5.41) is 10.1. The van der Waals surface area contributed by atoms with Gasteiger partial charge in [-0.05, 0) is 89.1 Å². The molecule has 1 saturated heterocycles. The van der Waals surface area contributed by atoms with Gasteiger partial charge in [0.05, 0.1) is 0 Å². The van der Waals surface area contributed by atoms with E-state index in [0.717, 1.165) is 43.7 Å². The van der Waals surface area contributed by atoms with Crippen molar-refractivity contribution in [3.8, 4) is 0 Å². The second-order valence-electron chi connectivity index (χ2n) is 8.59. The minimum absolute atomic E-state index is 0.0301. The maximum atomic E-state index is 12.6. The first-order valence-corrected chi connectivity index (χ1v) is 8.85. The van der Waals surface area contributed by atoms with Crippen molar-refractivity contribution in [1.29, 1.82) is 0 Å². The van der Waals surface area contributed by atoms with Gasteiger partial charge in [-0.15, -0.1) is 0 Å². The largest absolute Gasteiger partial charge is 0.333 e. The monoisotopic (exact) mass is 291 g/mol. The Morgan fingerprint density at radius 1 is 0.952 bits per heavy atom. The van der Waals surface area contributed by atoms with E-state index >= 15 is 0 Å². The van der Waals surface area contributed by atoms with Gasteiger partial charge in [0.2, 0.25) is 0 Å². The van der Waals surface area contributed by atoms with Crippen LogP contribution in [0, 0.1) is 17.8 Å². The van der Waals surface area contributed by atoms with Crippen LogP contribution in [0.2, 0.25) is 0 Å². The van der Waals surface area contributed by atoms with Crippen molar-refractivity contribution in [3.63, 3.8) is 0 Å². The minimum atomic E-state index is -0.0301. The standard InChI is InChI=1S/C17H29N3O/c1-16(2-4-18-5-3-16)19-15(21)20-17-9-12-6-13(10-17)8-14(7-12)11-17/h12-14,18H,2-11H2,1H3,(H2,19,20,21). The molecule has 0 aromatic heterocycles. The van der Waals surface area contributed by atoms with Crippen LogP contribution in [0.15, 0.2) is 0 Å². The molecule has 4 saturated carbocycles. The maximum absolute atomic E-state index is 12.6. The van der Waals surface area contributed by atoms with E-state index in [0.29, 0.717) is 0 Å². The Labute approximate surface area is 127 Å². The molecule has 0 unspecified atom stereocenters. The molecule has 0 atom stereocenters. The van der Waals surface area contributed by atoms with E-state index in [1.165, 1.54) is 38.5 Å². The van der Waals surface area contributed by atoms with Gasteiger partial charge < -0.3 is 16.0 Å². The Morgan fingerprint density at radius 2 is 1.48 bits per heavy atom. The second-order valence-corrected chi connectivity index (χ2v) is 8.59.